The number of aliphatic hydroxyl groups is 1. The van der Waals surface area contributed by atoms with Crippen LogP contribution in [0.4, 0.5) is 0 Å². The van der Waals surface area contributed by atoms with Crippen LogP contribution in [0.25, 0.3) is 0 Å². The van der Waals surface area contributed by atoms with Gasteiger partial charge in [-0.25, -0.2) is 0 Å². The van der Waals surface area contributed by atoms with Crippen LogP contribution in [0.15, 0.2) is 0 Å². The summed E-state index contributed by atoms with van der Waals surface area (Å²) in [6, 6.07) is 0. The smallest absolute Gasteiger partial charge is 0.309 e. The SMILES string of the molecule is CC(C)OC(=O)C1CC1CC[C@@H](C)OC1O[C@@H](C)C(C)C[C@H]1O. The van der Waals surface area contributed by atoms with E-state index in [4.69, 9.17) is 14.2 Å². The molecule has 5 heteroatoms. The highest BCUT2D eigenvalue weighted by molar-refractivity contribution is 5.75. The van der Waals surface area contributed by atoms with Crippen LogP contribution in [0.5, 0.6) is 0 Å². The van der Waals surface area contributed by atoms with Crippen molar-refractivity contribution in [2.24, 2.45) is 17.8 Å². The maximum Gasteiger partial charge on any atom is 0.309 e. The van der Waals surface area contributed by atoms with E-state index in [-0.39, 0.29) is 30.2 Å². The molecule has 1 aliphatic carbocycles. The Morgan fingerprint density at radius 3 is 2.61 bits per heavy atom. The highest BCUT2D eigenvalue weighted by Gasteiger charge is 2.44. The fourth-order valence-electron chi connectivity index (χ4n) is 3.16. The zero-order valence-electron chi connectivity index (χ0n) is 15.0. The second-order valence-electron chi connectivity index (χ2n) is 7.60. The number of rotatable bonds is 7. The van der Waals surface area contributed by atoms with Crippen molar-refractivity contribution in [3.8, 4) is 0 Å². The number of esters is 1. The number of hydrogen-bond donors (Lipinski definition) is 1. The molecule has 134 valence electrons. The summed E-state index contributed by atoms with van der Waals surface area (Å²) in [7, 11) is 0. The summed E-state index contributed by atoms with van der Waals surface area (Å²) in [4.78, 5) is 11.8. The average molecular weight is 328 g/mol. The lowest BCUT2D eigenvalue weighted by atomic mass is 9.95. The van der Waals surface area contributed by atoms with Crippen molar-refractivity contribution in [3.05, 3.63) is 0 Å². The minimum atomic E-state index is -0.557. The third-order valence-electron chi connectivity index (χ3n) is 4.97. The van der Waals surface area contributed by atoms with Crippen molar-refractivity contribution in [2.75, 3.05) is 0 Å². The van der Waals surface area contributed by atoms with Gasteiger partial charge in [-0.15, -0.1) is 0 Å². The molecule has 1 aliphatic heterocycles. The van der Waals surface area contributed by atoms with Gasteiger partial charge in [0.2, 0.25) is 0 Å². The zero-order valence-corrected chi connectivity index (χ0v) is 15.0. The van der Waals surface area contributed by atoms with Crippen LogP contribution in [0.2, 0.25) is 0 Å². The van der Waals surface area contributed by atoms with Gasteiger partial charge >= 0.3 is 5.97 Å². The minimum Gasteiger partial charge on any atom is -0.463 e. The van der Waals surface area contributed by atoms with Gasteiger partial charge in [-0.2, -0.15) is 0 Å². The molecule has 1 saturated heterocycles. The third kappa shape index (κ3) is 5.44. The number of carbonyl (C=O) groups is 1. The number of hydrogen-bond acceptors (Lipinski definition) is 5. The quantitative estimate of drug-likeness (QED) is 0.728. The molecule has 2 rings (SSSR count). The van der Waals surface area contributed by atoms with Gasteiger partial charge in [0.15, 0.2) is 6.29 Å². The minimum absolute atomic E-state index is 0.0117. The molecule has 1 N–H and O–H groups in total. The Hall–Kier alpha value is -0.650. The second kappa shape index (κ2) is 7.95. The number of aliphatic hydroxyl groups excluding tert-OH is 1. The second-order valence-corrected chi connectivity index (χ2v) is 7.60. The molecule has 2 fully saturated rings. The van der Waals surface area contributed by atoms with Gasteiger partial charge in [-0.05, 0) is 65.2 Å². The molecule has 1 saturated carbocycles. The van der Waals surface area contributed by atoms with Crippen molar-refractivity contribution < 1.29 is 24.1 Å². The summed E-state index contributed by atoms with van der Waals surface area (Å²) in [5.74, 6) is 0.775. The van der Waals surface area contributed by atoms with Crippen molar-refractivity contribution in [1.29, 1.82) is 0 Å². The van der Waals surface area contributed by atoms with E-state index in [0.29, 0.717) is 18.3 Å². The van der Waals surface area contributed by atoms with Gasteiger partial charge < -0.3 is 19.3 Å². The Morgan fingerprint density at radius 1 is 1.26 bits per heavy atom. The van der Waals surface area contributed by atoms with E-state index >= 15 is 0 Å². The molecule has 0 aromatic rings. The van der Waals surface area contributed by atoms with E-state index in [1.54, 1.807) is 0 Å². The first-order chi connectivity index (χ1) is 10.8. The molecular weight excluding hydrogens is 296 g/mol. The van der Waals surface area contributed by atoms with E-state index in [1.807, 2.05) is 27.7 Å². The van der Waals surface area contributed by atoms with Gasteiger partial charge in [-0.1, -0.05) is 6.92 Å². The van der Waals surface area contributed by atoms with Crippen LogP contribution in [0.3, 0.4) is 0 Å². The Morgan fingerprint density at radius 2 is 1.96 bits per heavy atom. The first-order valence-electron chi connectivity index (χ1n) is 8.97. The first-order valence-corrected chi connectivity index (χ1v) is 8.97. The summed E-state index contributed by atoms with van der Waals surface area (Å²) in [6.45, 7) is 9.86. The Balaban J connectivity index is 1.66. The number of carbonyl (C=O) groups excluding carboxylic acids is 1. The molecule has 23 heavy (non-hydrogen) atoms. The predicted octanol–water partition coefficient (Wildman–Crippen LogP) is 2.89. The van der Waals surface area contributed by atoms with Crippen LogP contribution in [-0.4, -0.2) is 41.8 Å². The monoisotopic (exact) mass is 328 g/mol. The first kappa shape index (κ1) is 18.7. The molecule has 7 atom stereocenters. The van der Waals surface area contributed by atoms with Crippen LogP contribution >= 0.6 is 0 Å². The Bertz CT molecular complexity index is 397. The third-order valence-corrected chi connectivity index (χ3v) is 4.97. The summed E-state index contributed by atoms with van der Waals surface area (Å²) in [6.07, 6.45) is 2.45. The maximum atomic E-state index is 11.8. The van der Waals surface area contributed by atoms with Crippen LogP contribution < -0.4 is 0 Å². The van der Waals surface area contributed by atoms with Gasteiger partial charge in [0, 0.05) is 0 Å². The van der Waals surface area contributed by atoms with Crippen LogP contribution in [0, 0.1) is 17.8 Å². The van der Waals surface area contributed by atoms with E-state index in [2.05, 4.69) is 6.92 Å². The summed E-state index contributed by atoms with van der Waals surface area (Å²) < 4.78 is 16.9. The highest BCUT2D eigenvalue weighted by Crippen LogP contribution is 2.43. The molecule has 0 aromatic heterocycles. The molecule has 0 aromatic carbocycles. The molecule has 0 spiro atoms. The van der Waals surface area contributed by atoms with Crippen molar-refractivity contribution in [1.82, 2.24) is 0 Å². The summed E-state index contributed by atoms with van der Waals surface area (Å²) in [5, 5.41) is 10.1. The fraction of sp³-hybridized carbons (Fsp3) is 0.944. The average Bonchev–Trinajstić information content (AvgIpc) is 3.21. The fourth-order valence-corrected chi connectivity index (χ4v) is 3.16. The van der Waals surface area contributed by atoms with E-state index < -0.39 is 12.4 Å². The zero-order chi connectivity index (χ0) is 17.1. The number of ether oxygens (including phenoxy) is 3. The molecule has 0 radical (unpaired) electrons. The van der Waals surface area contributed by atoms with Crippen LogP contribution in [0.1, 0.15) is 60.3 Å². The summed E-state index contributed by atoms with van der Waals surface area (Å²) >= 11 is 0. The predicted molar refractivity (Wildman–Crippen MR) is 86.7 cm³/mol. The lowest BCUT2D eigenvalue weighted by Gasteiger charge is -2.37. The molecule has 0 amide bonds. The lowest BCUT2D eigenvalue weighted by molar-refractivity contribution is -0.263. The normalized spacial score (nSPS) is 38.4. The van der Waals surface area contributed by atoms with Gasteiger partial charge in [0.05, 0.1) is 24.2 Å². The molecule has 4 unspecified atom stereocenters. The standard InChI is InChI=1S/C18H32O5/c1-10(2)21-17(20)15-9-14(15)7-6-12(4)22-18-16(19)8-11(3)13(5)23-18/h10-16,18-19H,6-9H2,1-5H3/t11?,12-,13+,14?,15?,16-,18?/m1/s1. The van der Waals surface area contributed by atoms with Gasteiger partial charge in [0.25, 0.3) is 0 Å². The lowest BCUT2D eigenvalue weighted by Crippen LogP contribution is -2.45. The summed E-state index contributed by atoms with van der Waals surface area (Å²) in [5.41, 5.74) is 0. The van der Waals surface area contributed by atoms with Crippen molar-refractivity contribution in [2.45, 2.75) is 91.0 Å². The Kier molecular flexibility index (Phi) is 6.46. The van der Waals surface area contributed by atoms with Crippen molar-refractivity contribution in [3.63, 3.8) is 0 Å². The molecule has 1 heterocycles. The molecule has 0 bridgehead atoms. The van der Waals surface area contributed by atoms with E-state index in [1.165, 1.54) is 0 Å². The maximum absolute atomic E-state index is 11.8. The van der Waals surface area contributed by atoms with Crippen molar-refractivity contribution >= 4 is 5.97 Å². The molecule has 2 aliphatic rings. The Labute approximate surface area is 139 Å². The molecule has 5 nitrogen and oxygen atoms in total. The van der Waals surface area contributed by atoms with E-state index in [9.17, 15) is 9.90 Å². The topological polar surface area (TPSA) is 65.0 Å². The molecular formula is C18H32O5. The van der Waals surface area contributed by atoms with E-state index in [0.717, 1.165) is 19.3 Å². The van der Waals surface area contributed by atoms with Gasteiger partial charge in [0.1, 0.15) is 6.10 Å². The highest BCUT2D eigenvalue weighted by atomic mass is 16.7. The van der Waals surface area contributed by atoms with Gasteiger partial charge in [-0.3, -0.25) is 4.79 Å². The largest absolute Gasteiger partial charge is 0.463 e. The van der Waals surface area contributed by atoms with Crippen LogP contribution in [-0.2, 0) is 19.0 Å².